The zero-order chi connectivity index (χ0) is 14.0. The van der Waals surface area contributed by atoms with E-state index in [4.69, 9.17) is 11.6 Å². The number of phenolic OH excluding ortho intramolecular Hbond substituents is 1. The Kier molecular flexibility index (Phi) is 3.68. The highest BCUT2D eigenvalue weighted by Crippen LogP contribution is 2.28. The fourth-order valence-corrected chi connectivity index (χ4v) is 3.22. The summed E-state index contributed by atoms with van der Waals surface area (Å²) in [6.45, 7) is 1.62. The van der Waals surface area contributed by atoms with Gasteiger partial charge in [0.05, 0.1) is 0 Å². The van der Waals surface area contributed by atoms with E-state index in [1.54, 1.807) is 43.3 Å². The van der Waals surface area contributed by atoms with Gasteiger partial charge in [-0.3, -0.25) is 4.72 Å². The van der Waals surface area contributed by atoms with Crippen molar-refractivity contribution in [1.29, 1.82) is 0 Å². The SMILES string of the molecule is Cc1cccc(O)c1S(=O)(=O)Nc1ccc(Cl)cc1. The van der Waals surface area contributed by atoms with Gasteiger partial charge >= 0.3 is 0 Å². The normalized spacial score (nSPS) is 11.3. The Morgan fingerprint density at radius 3 is 2.32 bits per heavy atom. The van der Waals surface area contributed by atoms with Crippen molar-refractivity contribution in [3.63, 3.8) is 0 Å². The van der Waals surface area contributed by atoms with Crippen LogP contribution in [-0.4, -0.2) is 13.5 Å². The van der Waals surface area contributed by atoms with Crippen LogP contribution in [0.15, 0.2) is 47.4 Å². The number of aromatic hydroxyl groups is 1. The lowest BCUT2D eigenvalue weighted by molar-refractivity contribution is 0.458. The van der Waals surface area contributed by atoms with Gasteiger partial charge in [0.2, 0.25) is 0 Å². The third-order valence-corrected chi connectivity index (χ3v) is 4.38. The number of benzene rings is 2. The Hall–Kier alpha value is -1.72. The van der Waals surface area contributed by atoms with E-state index in [1.165, 1.54) is 6.07 Å². The Labute approximate surface area is 116 Å². The van der Waals surface area contributed by atoms with Crippen LogP contribution in [0.2, 0.25) is 5.02 Å². The summed E-state index contributed by atoms with van der Waals surface area (Å²) in [4.78, 5) is -0.120. The minimum atomic E-state index is -3.83. The zero-order valence-electron chi connectivity index (χ0n) is 10.1. The van der Waals surface area contributed by atoms with E-state index < -0.39 is 10.0 Å². The van der Waals surface area contributed by atoms with Gasteiger partial charge in [0.1, 0.15) is 10.6 Å². The van der Waals surface area contributed by atoms with E-state index in [-0.39, 0.29) is 10.6 Å². The van der Waals surface area contributed by atoms with Crippen molar-refractivity contribution in [2.75, 3.05) is 4.72 Å². The molecule has 0 aliphatic heterocycles. The molecule has 0 aliphatic rings. The summed E-state index contributed by atoms with van der Waals surface area (Å²) >= 11 is 5.73. The maximum Gasteiger partial charge on any atom is 0.265 e. The van der Waals surface area contributed by atoms with Crippen molar-refractivity contribution in [3.05, 3.63) is 53.1 Å². The number of nitrogens with one attached hydrogen (secondary N) is 1. The zero-order valence-corrected chi connectivity index (χ0v) is 11.7. The van der Waals surface area contributed by atoms with Crippen molar-refractivity contribution in [1.82, 2.24) is 0 Å². The van der Waals surface area contributed by atoms with Crippen LogP contribution < -0.4 is 4.72 Å². The monoisotopic (exact) mass is 297 g/mol. The first-order chi connectivity index (χ1) is 8.90. The Bertz CT molecular complexity index is 676. The average Bonchev–Trinajstić information content (AvgIpc) is 2.31. The van der Waals surface area contributed by atoms with Gasteiger partial charge in [0.15, 0.2) is 0 Å². The van der Waals surface area contributed by atoms with Crippen LogP contribution in [0.5, 0.6) is 5.75 Å². The molecular weight excluding hydrogens is 286 g/mol. The quantitative estimate of drug-likeness (QED) is 0.914. The molecule has 4 nitrogen and oxygen atoms in total. The number of rotatable bonds is 3. The van der Waals surface area contributed by atoms with Crippen molar-refractivity contribution < 1.29 is 13.5 Å². The molecule has 0 saturated carbocycles. The maximum absolute atomic E-state index is 12.2. The van der Waals surface area contributed by atoms with Crippen molar-refractivity contribution in [3.8, 4) is 5.75 Å². The highest BCUT2D eigenvalue weighted by Gasteiger charge is 2.20. The van der Waals surface area contributed by atoms with Crippen LogP contribution in [0.3, 0.4) is 0 Å². The van der Waals surface area contributed by atoms with E-state index in [9.17, 15) is 13.5 Å². The molecule has 0 bridgehead atoms. The first-order valence-electron chi connectivity index (χ1n) is 5.47. The smallest absolute Gasteiger partial charge is 0.265 e. The van der Waals surface area contributed by atoms with Crippen LogP contribution in [0.4, 0.5) is 5.69 Å². The maximum atomic E-state index is 12.2. The standard InChI is InChI=1S/C13H12ClNO3S/c1-9-3-2-4-12(16)13(9)19(17,18)15-11-7-5-10(14)6-8-11/h2-8,15-16H,1H3. The first kappa shape index (κ1) is 13.7. The van der Waals surface area contributed by atoms with Gasteiger partial charge in [-0.25, -0.2) is 8.42 Å². The van der Waals surface area contributed by atoms with Crippen molar-refractivity contribution >= 4 is 27.3 Å². The molecular formula is C13H12ClNO3S. The van der Waals surface area contributed by atoms with E-state index in [0.29, 0.717) is 16.3 Å². The highest BCUT2D eigenvalue weighted by molar-refractivity contribution is 7.92. The van der Waals surface area contributed by atoms with Gasteiger partial charge in [-0.15, -0.1) is 0 Å². The molecule has 0 saturated heterocycles. The molecule has 2 aromatic carbocycles. The van der Waals surface area contributed by atoms with Crippen molar-refractivity contribution in [2.24, 2.45) is 0 Å². The summed E-state index contributed by atoms with van der Waals surface area (Å²) in [5.74, 6) is -0.276. The van der Waals surface area contributed by atoms with E-state index >= 15 is 0 Å². The Morgan fingerprint density at radius 2 is 1.74 bits per heavy atom. The van der Waals surface area contributed by atoms with Crippen LogP contribution in [0.25, 0.3) is 0 Å². The number of halogens is 1. The molecule has 0 radical (unpaired) electrons. The molecule has 2 N–H and O–H groups in total. The van der Waals surface area contributed by atoms with Crippen LogP contribution in [0, 0.1) is 6.92 Å². The summed E-state index contributed by atoms with van der Waals surface area (Å²) in [7, 11) is -3.83. The van der Waals surface area contributed by atoms with Gasteiger partial charge in [-0.1, -0.05) is 23.7 Å². The van der Waals surface area contributed by atoms with Gasteiger partial charge in [-0.05, 0) is 42.8 Å². The lowest BCUT2D eigenvalue weighted by atomic mass is 10.2. The predicted molar refractivity (Wildman–Crippen MR) is 75.1 cm³/mol. The van der Waals surface area contributed by atoms with E-state index in [2.05, 4.69) is 4.72 Å². The largest absolute Gasteiger partial charge is 0.507 e. The third kappa shape index (κ3) is 3.00. The molecule has 6 heteroatoms. The number of hydrogen-bond acceptors (Lipinski definition) is 3. The van der Waals surface area contributed by atoms with Gasteiger partial charge < -0.3 is 5.11 Å². The summed E-state index contributed by atoms with van der Waals surface area (Å²) in [5, 5.41) is 10.2. The first-order valence-corrected chi connectivity index (χ1v) is 7.33. The second-order valence-corrected chi connectivity index (χ2v) is 6.09. The molecule has 0 heterocycles. The summed E-state index contributed by atoms with van der Waals surface area (Å²) in [5.41, 5.74) is 0.855. The molecule has 0 aromatic heterocycles. The summed E-state index contributed by atoms with van der Waals surface area (Å²) < 4.78 is 26.8. The second kappa shape index (κ2) is 5.11. The minimum absolute atomic E-state index is 0.120. The molecule has 0 unspecified atom stereocenters. The topological polar surface area (TPSA) is 66.4 Å². The highest BCUT2D eigenvalue weighted by atomic mass is 35.5. The second-order valence-electron chi connectivity index (χ2n) is 4.04. The molecule has 0 aliphatic carbocycles. The fraction of sp³-hybridized carbons (Fsp3) is 0.0769. The Morgan fingerprint density at radius 1 is 1.11 bits per heavy atom. The van der Waals surface area contributed by atoms with Crippen LogP contribution in [0.1, 0.15) is 5.56 Å². The van der Waals surface area contributed by atoms with Gasteiger partial charge in [-0.2, -0.15) is 0 Å². The fourth-order valence-electron chi connectivity index (χ4n) is 1.71. The lowest BCUT2D eigenvalue weighted by Gasteiger charge is -2.11. The van der Waals surface area contributed by atoms with Crippen LogP contribution in [-0.2, 0) is 10.0 Å². The minimum Gasteiger partial charge on any atom is -0.507 e. The molecule has 2 rings (SSSR count). The van der Waals surface area contributed by atoms with Crippen molar-refractivity contribution in [2.45, 2.75) is 11.8 Å². The third-order valence-electron chi connectivity index (χ3n) is 2.56. The number of anilines is 1. The molecule has 0 atom stereocenters. The summed E-state index contributed by atoms with van der Waals surface area (Å²) in [6, 6.07) is 10.8. The molecule has 0 amide bonds. The Balaban J connectivity index is 2.41. The molecule has 0 fully saturated rings. The average molecular weight is 298 g/mol. The number of phenols is 1. The number of aryl methyl sites for hydroxylation is 1. The van der Waals surface area contributed by atoms with Crippen LogP contribution >= 0.6 is 11.6 Å². The molecule has 2 aromatic rings. The number of sulfonamides is 1. The predicted octanol–water partition coefficient (Wildman–Crippen LogP) is 3.15. The number of hydrogen-bond donors (Lipinski definition) is 2. The summed E-state index contributed by atoms with van der Waals surface area (Å²) in [6.07, 6.45) is 0. The van der Waals surface area contributed by atoms with Gasteiger partial charge in [0, 0.05) is 10.7 Å². The van der Waals surface area contributed by atoms with E-state index in [0.717, 1.165) is 0 Å². The van der Waals surface area contributed by atoms with E-state index in [1.807, 2.05) is 0 Å². The lowest BCUT2D eigenvalue weighted by Crippen LogP contribution is -2.14. The van der Waals surface area contributed by atoms with Gasteiger partial charge in [0.25, 0.3) is 10.0 Å². The molecule has 100 valence electrons. The molecule has 0 spiro atoms. The molecule has 19 heavy (non-hydrogen) atoms.